The highest BCUT2D eigenvalue weighted by Crippen LogP contribution is 2.38. The number of halogens is 2. The monoisotopic (exact) mass is 313 g/mol. The van der Waals surface area contributed by atoms with E-state index >= 15 is 0 Å². The van der Waals surface area contributed by atoms with Gasteiger partial charge in [-0.15, -0.1) is 11.3 Å². The van der Waals surface area contributed by atoms with Crippen LogP contribution < -0.4 is 11.1 Å². The van der Waals surface area contributed by atoms with Crippen molar-refractivity contribution in [3.8, 4) is 11.3 Å². The molecule has 0 amide bonds. The molecule has 0 saturated carbocycles. The summed E-state index contributed by atoms with van der Waals surface area (Å²) >= 11 is 7.46. The molecular formula is C14H17ClFN3S. The van der Waals surface area contributed by atoms with E-state index in [-0.39, 0.29) is 5.02 Å². The van der Waals surface area contributed by atoms with E-state index in [2.05, 4.69) is 17.2 Å². The van der Waals surface area contributed by atoms with Crippen molar-refractivity contribution in [3.63, 3.8) is 0 Å². The minimum atomic E-state index is -0.420. The Balaban J connectivity index is 2.48. The van der Waals surface area contributed by atoms with Gasteiger partial charge >= 0.3 is 0 Å². The second-order valence-corrected chi connectivity index (χ2v) is 6.03. The number of aromatic nitrogens is 1. The van der Waals surface area contributed by atoms with Crippen molar-refractivity contribution >= 4 is 28.1 Å². The van der Waals surface area contributed by atoms with Gasteiger partial charge in [0.15, 0.2) is 5.13 Å². The molecule has 0 aliphatic carbocycles. The Bertz CT molecular complexity index is 600. The third-order valence-corrected chi connectivity index (χ3v) is 4.70. The van der Waals surface area contributed by atoms with Crippen molar-refractivity contribution in [1.29, 1.82) is 0 Å². The van der Waals surface area contributed by atoms with Crippen molar-refractivity contribution in [1.82, 2.24) is 4.98 Å². The summed E-state index contributed by atoms with van der Waals surface area (Å²) in [5, 5.41) is 3.99. The van der Waals surface area contributed by atoms with Gasteiger partial charge in [-0.3, -0.25) is 0 Å². The Morgan fingerprint density at radius 3 is 2.85 bits per heavy atom. The van der Waals surface area contributed by atoms with Crippen molar-refractivity contribution in [2.45, 2.75) is 19.3 Å². The highest BCUT2D eigenvalue weighted by Gasteiger charge is 2.18. The first-order chi connectivity index (χ1) is 9.56. The van der Waals surface area contributed by atoms with Gasteiger partial charge in [-0.2, -0.15) is 0 Å². The van der Waals surface area contributed by atoms with Crippen molar-refractivity contribution in [2.24, 2.45) is 5.73 Å². The molecular weight excluding hydrogens is 297 g/mol. The molecule has 6 heteroatoms. The van der Waals surface area contributed by atoms with Crippen molar-refractivity contribution in [3.05, 3.63) is 33.9 Å². The average molecular weight is 314 g/mol. The van der Waals surface area contributed by atoms with E-state index < -0.39 is 5.82 Å². The maximum atomic E-state index is 13.3. The lowest BCUT2D eigenvalue weighted by Gasteiger charge is -2.10. The van der Waals surface area contributed by atoms with E-state index in [0.717, 1.165) is 27.7 Å². The second-order valence-electron chi connectivity index (χ2n) is 4.59. The molecule has 3 nitrogen and oxygen atoms in total. The van der Waals surface area contributed by atoms with Crippen LogP contribution >= 0.6 is 22.9 Å². The number of anilines is 1. The number of nitrogens with two attached hydrogens (primary N) is 1. The normalized spacial score (nSPS) is 12.4. The van der Waals surface area contributed by atoms with Crippen LogP contribution in [0.5, 0.6) is 0 Å². The fraction of sp³-hybridized carbons (Fsp3) is 0.357. The summed E-state index contributed by atoms with van der Waals surface area (Å²) in [6.07, 6.45) is 0.882. The molecule has 1 unspecified atom stereocenters. The van der Waals surface area contributed by atoms with Crippen LogP contribution in [-0.2, 0) is 0 Å². The molecule has 1 heterocycles. The Morgan fingerprint density at radius 2 is 2.25 bits per heavy atom. The first kappa shape index (κ1) is 15.2. The third kappa shape index (κ3) is 3.11. The first-order valence-corrected chi connectivity index (χ1v) is 7.60. The van der Waals surface area contributed by atoms with Crippen molar-refractivity contribution in [2.75, 3.05) is 18.9 Å². The number of nitrogens with one attached hydrogen (secondary N) is 1. The predicted octanol–water partition coefficient (Wildman–Crippen LogP) is 4.10. The smallest absolute Gasteiger partial charge is 0.183 e. The summed E-state index contributed by atoms with van der Waals surface area (Å²) in [6, 6.07) is 4.69. The van der Waals surface area contributed by atoms with E-state index in [1.165, 1.54) is 6.07 Å². The van der Waals surface area contributed by atoms with E-state index in [0.29, 0.717) is 12.5 Å². The van der Waals surface area contributed by atoms with Gasteiger partial charge in [-0.1, -0.05) is 18.5 Å². The second kappa shape index (κ2) is 6.52. The summed E-state index contributed by atoms with van der Waals surface area (Å²) in [7, 11) is 1.83. The molecule has 108 valence electrons. The summed E-state index contributed by atoms with van der Waals surface area (Å²) in [4.78, 5) is 5.70. The highest BCUT2D eigenvalue weighted by atomic mass is 35.5. The van der Waals surface area contributed by atoms with Gasteiger partial charge in [0, 0.05) is 17.5 Å². The van der Waals surface area contributed by atoms with Gasteiger partial charge in [0.25, 0.3) is 0 Å². The zero-order valence-electron chi connectivity index (χ0n) is 11.4. The number of hydrogen-bond acceptors (Lipinski definition) is 4. The lowest BCUT2D eigenvalue weighted by atomic mass is 10.0. The summed E-state index contributed by atoms with van der Waals surface area (Å²) < 4.78 is 13.3. The van der Waals surface area contributed by atoms with Gasteiger partial charge in [-0.05, 0) is 37.1 Å². The molecule has 0 aliphatic heterocycles. The molecule has 1 atom stereocenters. The fourth-order valence-corrected chi connectivity index (χ4v) is 3.21. The van der Waals surface area contributed by atoms with Crippen LogP contribution in [0.1, 0.15) is 24.1 Å². The minimum Gasteiger partial charge on any atom is -0.365 e. The molecule has 20 heavy (non-hydrogen) atoms. The van der Waals surface area contributed by atoms with Crippen LogP contribution in [0.4, 0.5) is 9.52 Å². The first-order valence-electron chi connectivity index (χ1n) is 6.40. The Hall–Kier alpha value is -1.17. The lowest BCUT2D eigenvalue weighted by Crippen LogP contribution is -2.04. The zero-order valence-corrected chi connectivity index (χ0v) is 13.0. The van der Waals surface area contributed by atoms with Crippen LogP contribution in [0.2, 0.25) is 5.02 Å². The molecule has 1 aromatic carbocycles. The molecule has 1 aromatic heterocycles. The summed E-state index contributed by atoms with van der Waals surface area (Å²) in [5.41, 5.74) is 7.31. The third-order valence-electron chi connectivity index (χ3n) is 3.11. The topological polar surface area (TPSA) is 50.9 Å². The van der Waals surface area contributed by atoms with Gasteiger partial charge in [0.1, 0.15) is 5.82 Å². The van der Waals surface area contributed by atoms with E-state index in [4.69, 9.17) is 17.3 Å². The molecule has 0 radical (unpaired) electrons. The molecule has 0 aliphatic rings. The molecule has 3 N–H and O–H groups in total. The molecule has 2 rings (SSSR count). The van der Waals surface area contributed by atoms with Crippen LogP contribution in [0.25, 0.3) is 11.3 Å². The number of benzene rings is 1. The number of nitrogens with zero attached hydrogens (tertiary/aromatic N) is 1. The van der Waals surface area contributed by atoms with Crippen LogP contribution in [0.15, 0.2) is 18.2 Å². The van der Waals surface area contributed by atoms with Gasteiger partial charge in [0.2, 0.25) is 0 Å². The van der Waals surface area contributed by atoms with Gasteiger partial charge < -0.3 is 11.1 Å². The van der Waals surface area contributed by atoms with E-state index in [1.807, 2.05) is 7.05 Å². The summed E-state index contributed by atoms with van der Waals surface area (Å²) in [5.74, 6) is -0.116. The molecule has 2 aromatic rings. The number of thiazole rings is 1. The predicted molar refractivity (Wildman–Crippen MR) is 84.2 cm³/mol. The standard InChI is InChI=1S/C14H17ClFN3S/c1-8(5-6-17)13-12(19-14(18-2)20-13)9-3-4-11(16)10(15)7-9/h3-4,7-8H,5-6,17H2,1-2H3,(H,18,19). The highest BCUT2D eigenvalue weighted by molar-refractivity contribution is 7.16. The molecule has 0 bridgehead atoms. The quantitative estimate of drug-likeness (QED) is 0.874. The molecule has 0 saturated heterocycles. The Morgan fingerprint density at radius 1 is 1.50 bits per heavy atom. The number of hydrogen-bond donors (Lipinski definition) is 2. The van der Waals surface area contributed by atoms with Crippen LogP contribution in [-0.4, -0.2) is 18.6 Å². The van der Waals surface area contributed by atoms with Crippen LogP contribution in [0.3, 0.4) is 0 Å². The average Bonchev–Trinajstić information content (AvgIpc) is 2.86. The van der Waals surface area contributed by atoms with E-state index in [9.17, 15) is 4.39 Å². The zero-order chi connectivity index (χ0) is 14.7. The maximum absolute atomic E-state index is 13.3. The lowest BCUT2D eigenvalue weighted by molar-refractivity contribution is 0.628. The van der Waals surface area contributed by atoms with Crippen LogP contribution in [0, 0.1) is 5.82 Å². The fourth-order valence-electron chi connectivity index (χ4n) is 2.00. The largest absolute Gasteiger partial charge is 0.365 e. The summed E-state index contributed by atoms with van der Waals surface area (Å²) in [6.45, 7) is 2.74. The Kier molecular flexibility index (Phi) is 4.96. The Labute approximate surface area is 127 Å². The van der Waals surface area contributed by atoms with E-state index in [1.54, 1.807) is 23.5 Å². The molecule has 0 fully saturated rings. The maximum Gasteiger partial charge on any atom is 0.183 e. The number of rotatable bonds is 5. The SMILES string of the molecule is CNc1nc(-c2ccc(F)c(Cl)c2)c(C(C)CCN)s1. The van der Waals surface area contributed by atoms with Crippen molar-refractivity contribution < 1.29 is 4.39 Å². The van der Waals surface area contributed by atoms with Gasteiger partial charge in [-0.25, -0.2) is 9.37 Å². The van der Waals surface area contributed by atoms with Gasteiger partial charge in [0.05, 0.1) is 10.7 Å². The molecule has 0 spiro atoms. The minimum absolute atomic E-state index is 0.110.